The minimum Gasteiger partial charge on any atom is -0.490 e. The first-order valence-corrected chi connectivity index (χ1v) is 9.72. The largest absolute Gasteiger partial charge is 0.490 e. The summed E-state index contributed by atoms with van der Waals surface area (Å²) in [6.45, 7) is 10.7. The smallest absolute Gasteiger partial charge is 0.161 e. The number of ether oxygens (including phenoxy) is 2. The van der Waals surface area contributed by atoms with Crippen LogP contribution in [0.15, 0.2) is 28.8 Å². The van der Waals surface area contributed by atoms with Gasteiger partial charge in [-0.05, 0) is 64.3 Å². The quantitative estimate of drug-likeness (QED) is 0.681. The Hall–Kier alpha value is -2.01. The van der Waals surface area contributed by atoms with Gasteiger partial charge in [-0.1, -0.05) is 18.1 Å². The zero-order valence-electron chi connectivity index (χ0n) is 16.3. The van der Waals surface area contributed by atoms with E-state index >= 15 is 0 Å². The second kappa shape index (κ2) is 8.58. The van der Waals surface area contributed by atoms with Crippen molar-refractivity contribution in [3.8, 4) is 11.5 Å². The highest BCUT2D eigenvalue weighted by Gasteiger charge is 2.29. The van der Waals surface area contributed by atoms with Crippen LogP contribution in [-0.4, -0.2) is 29.3 Å². The van der Waals surface area contributed by atoms with Crippen LogP contribution in [0.25, 0.3) is 0 Å². The summed E-state index contributed by atoms with van der Waals surface area (Å²) in [5, 5.41) is 4.16. The van der Waals surface area contributed by atoms with Gasteiger partial charge in [0.05, 0.1) is 24.4 Å². The predicted octanol–water partition coefficient (Wildman–Crippen LogP) is 4.76. The first-order chi connectivity index (χ1) is 12.6. The molecule has 0 N–H and O–H groups in total. The van der Waals surface area contributed by atoms with Crippen molar-refractivity contribution in [3.63, 3.8) is 0 Å². The van der Waals surface area contributed by atoms with Crippen LogP contribution in [0.3, 0.4) is 0 Å². The molecule has 5 heteroatoms. The Balaban J connectivity index is 1.75. The fraction of sp³-hybridized carbons (Fsp3) is 0.571. The number of nitrogens with zero attached hydrogens (tertiary/aromatic N) is 2. The number of hydrogen-bond acceptors (Lipinski definition) is 5. The topological polar surface area (TPSA) is 47.7 Å². The molecule has 0 radical (unpaired) electrons. The number of rotatable bonds is 8. The number of likely N-dealkylation sites (tertiary alicyclic amines) is 1. The molecule has 0 bridgehead atoms. The Morgan fingerprint density at radius 1 is 1.23 bits per heavy atom. The van der Waals surface area contributed by atoms with E-state index in [9.17, 15) is 0 Å². The lowest BCUT2D eigenvalue weighted by Gasteiger charge is -2.23. The summed E-state index contributed by atoms with van der Waals surface area (Å²) in [5.74, 6) is 2.62. The molecular weight excluding hydrogens is 328 g/mol. The van der Waals surface area contributed by atoms with Gasteiger partial charge in [-0.25, -0.2) is 0 Å². The molecule has 1 atom stereocenters. The summed E-state index contributed by atoms with van der Waals surface area (Å²) in [4.78, 5) is 2.47. The number of aromatic nitrogens is 1. The van der Waals surface area contributed by atoms with Gasteiger partial charge in [0.25, 0.3) is 0 Å². The van der Waals surface area contributed by atoms with Crippen molar-refractivity contribution in [3.05, 3.63) is 41.3 Å². The number of aryl methyl sites for hydroxylation is 1. The Morgan fingerprint density at radius 2 is 2.08 bits per heavy atom. The van der Waals surface area contributed by atoms with E-state index in [1.807, 2.05) is 26.8 Å². The van der Waals surface area contributed by atoms with Crippen LogP contribution in [0.4, 0.5) is 0 Å². The van der Waals surface area contributed by atoms with Crippen LogP contribution < -0.4 is 9.47 Å². The SMILES string of the molecule is CCOc1cc(CN2CCCC2c2cc(CC)no2)ccc1OC(C)C. The van der Waals surface area contributed by atoms with Crippen molar-refractivity contribution in [1.82, 2.24) is 10.1 Å². The Labute approximate surface area is 156 Å². The van der Waals surface area contributed by atoms with Gasteiger partial charge in [0.1, 0.15) is 0 Å². The minimum absolute atomic E-state index is 0.127. The maximum absolute atomic E-state index is 5.87. The van der Waals surface area contributed by atoms with E-state index in [0.29, 0.717) is 12.6 Å². The molecule has 1 aromatic carbocycles. The average molecular weight is 358 g/mol. The van der Waals surface area contributed by atoms with Crippen LogP contribution in [-0.2, 0) is 13.0 Å². The van der Waals surface area contributed by atoms with E-state index in [0.717, 1.165) is 48.9 Å². The first-order valence-electron chi connectivity index (χ1n) is 9.72. The lowest BCUT2D eigenvalue weighted by molar-refractivity contribution is 0.205. The molecule has 1 saturated heterocycles. The summed E-state index contributed by atoms with van der Waals surface area (Å²) in [6.07, 6.45) is 3.33. The van der Waals surface area contributed by atoms with E-state index in [1.54, 1.807) is 0 Å². The second-order valence-corrected chi connectivity index (χ2v) is 7.08. The van der Waals surface area contributed by atoms with Gasteiger partial charge in [-0.15, -0.1) is 0 Å². The number of benzene rings is 1. The molecule has 142 valence electrons. The maximum Gasteiger partial charge on any atom is 0.161 e. The van der Waals surface area contributed by atoms with Crippen molar-refractivity contribution in [2.75, 3.05) is 13.2 Å². The summed E-state index contributed by atoms with van der Waals surface area (Å²) < 4.78 is 17.3. The zero-order chi connectivity index (χ0) is 18.5. The van der Waals surface area contributed by atoms with Crippen LogP contribution in [0.1, 0.15) is 63.6 Å². The standard InChI is InChI=1S/C21H30N2O3/c1-5-17-13-20(26-22-17)18-8-7-11-23(18)14-16-9-10-19(25-15(3)4)21(12-16)24-6-2/h9-10,12-13,15,18H,5-8,11,14H2,1-4H3. The maximum atomic E-state index is 5.87. The highest BCUT2D eigenvalue weighted by Crippen LogP contribution is 2.35. The van der Waals surface area contributed by atoms with Crippen molar-refractivity contribution in [2.45, 2.75) is 65.6 Å². The molecule has 1 aliphatic rings. The zero-order valence-corrected chi connectivity index (χ0v) is 16.3. The second-order valence-electron chi connectivity index (χ2n) is 7.08. The van der Waals surface area contributed by atoms with Crippen molar-refractivity contribution in [1.29, 1.82) is 0 Å². The molecule has 0 spiro atoms. The Bertz CT molecular complexity index is 711. The highest BCUT2D eigenvalue weighted by molar-refractivity contribution is 5.43. The van der Waals surface area contributed by atoms with Gasteiger partial charge in [-0.2, -0.15) is 0 Å². The van der Waals surface area contributed by atoms with Gasteiger partial charge in [0.15, 0.2) is 17.3 Å². The fourth-order valence-corrected chi connectivity index (χ4v) is 3.49. The monoisotopic (exact) mass is 358 g/mol. The van der Waals surface area contributed by atoms with Gasteiger partial charge in [0, 0.05) is 12.6 Å². The van der Waals surface area contributed by atoms with Crippen molar-refractivity contribution < 1.29 is 14.0 Å². The predicted molar refractivity (Wildman–Crippen MR) is 102 cm³/mol. The molecule has 1 unspecified atom stereocenters. The van der Waals surface area contributed by atoms with Crippen molar-refractivity contribution in [2.24, 2.45) is 0 Å². The van der Waals surface area contributed by atoms with Gasteiger partial charge in [0.2, 0.25) is 0 Å². The molecule has 5 nitrogen and oxygen atoms in total. The molecule has 2 heterocycles. The summed E-state index contributed by atoms with van der Waals surface area (Å²) in [7, 11) is 0. The molecule has 1 fully saturated rings. The van der Waals surface area contributed by atoms with Crippen LogP contribution >= 0.6 is 0 Å². The summed E-state index contributed by atoms with van der Waals surface area (Å²) >= 11 is 0. The molecule has 0 saturated carbocycles. The van der Waals surface area contributed by atoms with E-state index in [1.165, 1.54) is 12.0 Å². The molecule has 0 amide bonds. The highest BCUT2D eigenvalue weighted by atomic mass is 16.5. The normalized spacial score (nSPS) is 17.8. The van der Waals surface area contributed by atoms with Crippen LogP contribution in [0.5, 0.6) is 11.5 Å². The van der Waals surface area contributed by atoms with E-state index in [-0.39, 0.29) is 6.10 Å². The Kier molecular flexibility index (Phi) is 6.20. The molecule has 26 heavy (non-hydrogen) atoms. The molecular formula is C21H30N2O3. The third kappa shape index (κ3) is 4.39. The summed E-state index contributed by atoms with van der Waals surface area (Å²) in [6, 6.07) is 8.68. The Morgan fingerprint density at radius 3 is 2.77 bits per heavy atom. The lowest BCUT2D eigenvalue weighted by atomic mass is 10.1. The summed E-state index contributed by atoms with van der Waals surface area (Å²) in [5.41, 5.74) is 2.26. The van der Waals surface area contributed by atoms with Gasteiger partial charge in [-0.3, -0.25) is 4.90 Å². The van der Waals surface area contributed by atoms with E-state index in [2.05, 4.69) is 35.2 Å². The molecule has 3 rings (SSSR count). The first kappa shape index (κ1) is 18.8. The third-order valence-electron chi connectivity index (χ3n) is 4.69. The minimum atomic E-state index is 0.127. The van der Waals surface area contributed by atoms with E-state index < -0.39 is 0 Å². The molecule has 1 aromatic heterocycles. The lowest BCUT2D eigenvalue weighted by Crippen LogP contribution is -2.22. The van der Waals surface area contributed by atoms with Gasteiger partial charge < -0.3 is 14.0 Å². The molecule has 0 aliphatic carbocycles. The average Bonchev–Trinajstić information content (AvgIpc) is 3.25. The fourth-order valence-electron chi connectivity index (χ4n) is 3.49. The van der Waals surface area contributed by atoms with Crippen LogP contribution in [0.2, 0.25) is 0 Å². The molecule has 1 aliphatic heterocycles. The van der Waals surface area contributed by atoms with Crippen molar-refractivity contribution >= 4 is 0 Å². The van der Waals surface area contributed by atoms with Crippen LogP contribution in [0, 0.1) is 0 Å². The molecule has 2 aromatic rings. The number of hydrogen-bond donors (Lipinski definition) is 0. The van der Waals surface area contributed by atoms with E-state index in [4.69, 9.17) is 14.0 Å². The van der Waals surface area contributed by atoms with Gasteiger partial charge >= 0.3 is 0 Å². The third-order valence-corrected chi connectivity index (χ3v) is 4.69.